The summed E-state index contributed by atoms with van der Waals surface area (Å²) in [5, 5.41) is 8.62. The molecule has 24 heavy (non-hydrogen) atoms. The van der Waals surface area contributed by atoms with E-state index in [1.54, 1.807) is 20.8 Å². The van der Waals surface area contributed by atoms with Crippen molar-refractivity contribution in [3.8, 4) is 0 Å². The van der Waals surface area contributed by atoms with Crippen LogP contribution in [-0.2, 0) is 19.1 Å². The maximum Gasteiger partial charge on any atom is 0.339 e. The molecule has 0 aliphatic rings. The maximum absolute atomic E-state index is 12.3. The first-order valence-electron chi connectivity index (χ1n) is 7.40. The Hall–Kier alpha value is -2.12. The van der Waals surface area contributed by atoms with E-state index in [-0.39, 0.29) is 18.8 Å². The van der Waals surface area contributed by atoms with Crippen LogP contribution in [0.2, 0.25) is 0 Å². The Morgan fingerprint density at radius 3 is 1.96 bits per heavy atom. The first-order valence-corrected chi connectivity index (χ1v) is 7.78. The predicted octanol–water partition coefficient (Wildman–Crippen LogP) is 2.01. The molecule has 0 fully saturated rings. The summed E-state index contributed by atoms with van der Waals surface area (Å²) in [4.78, 5) is 33.8. The number of hydrogen-bond donors (Lipinski definition) is 2. The highest BCUT2D eigenvalue weighted by Crippen LogP contribution is 2.36. The van der Waals surface area contributed by atoms with Gasteiger partial charge in [0.25, 0.3) is 5.91 Å². The number of carbonyl (C=O) groups is 3. The third-order valence-electron chi connectivity index (χ3n) is 3.52. The average Bonchev–Trinajstić information content (AvgIpc) is 2.60. The van der Waals surface area contributed by atoms with Gasteiger partial charge >= 0.3 is 11.9 Å². The zero-order valence-electron chi connectivity index (χ0n) is 13.7. The van der Waals surface area contributed by atoms with Gasteiger partial charge in [-0.05, 0) is 31.5 Å². The van der Waals surface area contributed by atoms with E-state index >= 15 is 0 Å². The van der Waals surface area contributed by atoms with Gasteiger partial charge in [0.2, 0.25) is 4.87 Å². The fourth-order valence-electron chi connectivity index (χ4n) is 2.13. The van der Waals surface area contributed by atoms with Crippen molar-refractivity contribution in [1.82, 2.24) is 5.48 Å². The average molecular weight is 358 g/mol. The van der Waals surface area contributed by atoms with Crippen LogP contribution in [0.3, 0.4) is 0 Å². The summed E-state index contributed by atoms with van der Waals surface area (Å²) in [5.74, 6) is -3.24. The number of hydroxylamine groups is 1. The molecule has 1 aromatic carbocycles. The van der Waals surface area contributed by atoms with Gasteiger partial charge in [-0.3, -0.25) is 10.0 Å². The number of halogens is 1. The molecule has 1 unspecified atom stereocenters. The van der Waals surface area contributed by atoms with Crippen molar-refractivity contribution in [2.24, 2.45) is 0 Å². The number of rotatable bonds is 7. The molecule has 1 rings (SSSR count). The zero-order chi connectivity index (χ0) is 18.3. The molecule has 1 atom stereocenters. The zero-order valence-corrected chi connectivity index (χ0v) is 14.4. The summed E-state index contributed by atoms with van der Waals surface area (Å²) >= 11 is 6.34. The van der Waals surface area contributed by atoms with Crippen LogP contribution in [-0.4, -0.2) is 41.1 Å². The lowest BCUT2D eigenvalue weighted by Gasteiger charge is -2.29. The SMILES string of the molecule is CCOC(=O)C(Cl)(C(=O)OCC)C(C)c1ccc(C(=O)NO)cc1. The van der Waals surface area contributed by atoms with Crippen LogP contribution in [0.15, 0.2) is 24.3 Å². The molecule has 7 nitrogen and oxygen atoms in total. The van der Waals surface area contributed by atoms with Gasteiger partial charge in [-0.15, -0.1) is 0 Å². The van der Waals surface area contributed by atoms with Crippen molar-refractivity contribution in [3.63, 3.8) is 0 Å². The second-order valence-electron chi connectivity index (χ2n) is 4.94. The molecule has 0 aliphatic carbocycles. The van der Waals surface area contributed by atoms with E-state index in [9.17, 15) is 14.4 Å². The molecule has 0 aromatic heterocycles. The number of benzene rings is 1. The topological polar surface area (TPSA) is 102 Å². The fourth-order valence-corrected chi connectivity index (χ4v) is 2.36. The monoisotopic (exact) mass is 357 g/mol. The van der Waals surface area contributed by atoms with E-state index in [1.807, 2.05) is 0 Å². The molecule has 132 valence electrons. The van der Waals surface area contributed by atoms with Gasteiger partial charge < -0.3 is 9.47 Å². The predicted molar refractivity (Wildman–Crippen MR) is 86.0 cm³/mol. The number of alkyl halides is 1. The second kappa shape index (κ2) is 8.65. The minimum absolute atomic E-state index is 0.0645. The molecule has 0 radical (unpaired) electrons. The van der Waals surface area contributed by atoms with Crippen LogP contribution >= 0.6 is 11.6 Å². The highest BCUT2D eigenvalue weighted by atomic mass is 35.5. The number of hydrogen-bond acceptors (Lipinski definition) is 6. The first kappa shape index (κ1) is 19.9. The molecule has 0 spiro atoms. The van der Waals surface area contributed by atoms with Gasteiger partial charge in [0, 0.05) is 11.5 Å². The van der Waals surface area contributed by atoms with E-state index < -0.39 is 28.6 Å². The number of nitrogens with one attached hydrogen (secondary N) is 1. The molecular formula is C16H20ClNO6. The van der Waals surface area contributed by atoms with Crippen LogP contribution in [0.5, 0.6) is 0 Å². The van der Waals surface area contributed by atoms with Crippen LogP contribution in [0.4, 0.5) is 0 Å². The highest BCUT2D eigenvalue weighted by molar-refractivity contribution is 6.45. The lowest BCUT2D eigenvalue weighted by atomic mass is 9.86. The van der Waals surface area contributed by atoms with Crippen molar-refractivity contribution >= 4 is 29.4 Å². The first-order chi connectivity index (χ1) is 11.3. The lowest BCUT2D eigenvalue weighted by Crippen LogP contribution is -2.48. The smallest absolute Gasteiger partial charge is 0.339 e. The third kappa shape index (κ3) is 4.04. The Bertz CT molecular complexity index is 583. The minimum Gasteiger partial charge on any atom is -0.464 e. The number of ether oxygens (including phenoxy) is 2. The molecule has 2 N–H and O–H groups in total. The van der Waals surface area contributed by atoms with Crippen molar-refractivity contribution < 1.29 is 29.1 Å². The summed E-state index contributed by atoms with van der Waals surface area (Å²) in [5.41, 5.74) is 2.25. The van der Waals surface area contributed by atoms with Gasteiger partial charge in [-0.1, -0.05) is 30.7 Å². The van der Waals surface area contributed by atoms with Gasteiger partial charge in [-0.2, -0.15) is 0 Å². The molecule has 0 saturated heterocycles. The van der Waals surface area contributed by atoms with Crippen LogP contribution in [0.25, 0.3) is 0 Å². The normalized spacial score (nSPS) is 12.2. The highest BCUT2D eigenvalue weighted by Gasteiger charge is 2.52. The van der Waals surface area contributed by atoms with Gasteiger partial charge in [-0.25, -0.2) is 15.1 Å². The Labute approximate surface area is 144 Å². The van der Waals surface area contributed by atoms with Crippen molar-refractivity contribution in [2.75, 3.05) is 13.2 Å². The van der Waals surface area contributed by atoms with Crippen LogP contribution in [0, 0.1) is 0 Å². The van der Waals surface area contributed by atoms with E-state index in [1.165, 1.54) is 29.7 Å². The Morgan fingerprint density at radius 2 is 1.58 bits per heavy atom. The van der Waals surface area contributed by atoms with Gasteiger partial charge in [0.05, 0.1) is 13.2 Å². The molecule has 1 aromatic rings. The number of amides is 1. The second-order valence-corrected chi connectivity index (χ2v) is 5.53. The van der Waals surface area contributed by atoms with Crippen molar-refractivity contribution in [2.45, 2.75) is 31.6 Å². The van der Waals surface area contributed by atoms with E-state index in [4.69, 9.17) is 26.3 Å². The van der Waals surface area contributed by atoms with E-state index in [2.05, 4.69) is 0 Å². The van der Waals surface area contributed by atoms with Crippen LogP contribution in [0.1, 0.15) is 42.6 Å². The van der Waals surface area contributed by atoms with Crippen molar-refractivity contribution in [3.05, 3.63) is 35.4 Å². The molecule has 1 amide bonds. The summed E-state index contributed by atoms with van der Waals surface area (Å²) in [6.07, 6.45) is 0. The van der Waals surface area contributed by atoms with Gasteiger partial charge in [0.15, 0.2) is 0 Å². The molecule has 0 saturated carbocycles. The maximum atomic E-state index is 12.3. The van der Waals surface area contributed by atoms with E-state index in [0.717, 1.165) is 0 Å². The molecule has 0 bridgehead atoms. The van der Waals surface area contributed by atoms with Crippen molar-refractivity contribution in [1.29, 1.82) is 0 Å². The Balaban J connectivity index is 3.20. The van der Waals surface area contributed by atoms with Gasteiger partial charge in [0.1, 0.15) is 0 Å². The fraction of sp³-hybridized carbons (Fsp3) is 0.438. The molecular weight excluding hydrogens is 338 g/mol. The standard InChI is InChI=1S/C16H20ClNO6/c1-4-23-14(20)16(17,15(21)24-5-2)10(3)11-6-8-12(9-7-11)13(19)18-22/h6-10,22H,4-5H2,1-3H3,(H,18,19). The molecule has 0 aliphatic heterocycles. The minimum atomic E-state index is -2.03. The number of carbonyl (C=O) groups excluding carboxylic acids is 3. The van der Waals surface area contributed by atoms with Crippen LogP contribution < -0.4 is 5.48 Å². The quantitative estimate of drug-likeness (QED) is 0.254. The largest absolute Gasteiger partial charge is 0.464 e. The Morgan fingerprint density at radius 1 is 1.12 bits per heavy atom. The summed E-state index contributed by atoms with van der Waals surface area (Å²) < 4.78 is 9.86. The summed E-state index contributed by atoms with van der Waals surface area (Å²) in [6.45, 7) is 4.92. The summed E-state index contributed by atoms with van der Waals surface area (Å²) in [7, 11) is 0. The number of esters is 2. The molecule has 0 heterocycles. The Kier molecular flexibility index (Phi) is 7.18. The molecule has 8 heteroatoms. The van der Waals surface area contributed by atoms with E-state index in [0.29, 0.717) is 5.56 Å². The lowest BCUT2D eigenvalue weighted by molar-refractivity contribution is -0.160. The summed E-state index contributed by atoms with van der Waals surface area (Å²) in [6, 6.07) is 5.94. The third-order valence-corrected chi connectivity index (χ3v) is 4.15.